The lowest BCUT2D eigenvalue weighted by Crippen LogP contribution is -2.31. The number of anilines is 1. The van der Waals surface area contributed by atoms with Crippen LogP contribution in [0, 0.1) is 11.8 Å². The van der Waals surface area contributed by atoms with Gasteiger partial charge < -0.3 is 4.90 Å². The number of H-pyrrole nitrogens is 1. The van der Waals surface area contributed by atoms with E-state index in [-0.39, 0.29) is 24.2 Å². The number of aromatic nitrogens is 3. The molecule has 98 valence electrons. The van der Waals surface area contributed by atoms with Gasteiger partial charge >= 0.3 is 0 Å². The molecule has 1 saturated heterocycles. The number of carbonyl (C=O) groups is 2. The largest absolute Gasteiger partial charge is 0.342 e. The zero-order chi connectivity index (χ0) is 13.1. The van der Waals surface area contributed by atoms with Crippen LogP contribution in [0.1, 0.15) is 20.3 Å². The molecule has 2 amide bonds. The summed E-state index contributed by atoms with van der Waals surface area (Å²) in [7, 11) is 0. The van der Waals surface area contributed by atoms with Crippen molar-refractivity contribution in [3.05, 3.63) is 6.33 Å². The van der Waals surface area contributed by atoms with Crippen LogP contribution in [-0.4, -0.2) is 45.0 Å². The second-order valence-electron chi connectivity index (χ2n) is 4.92. The van der Waals surface area contributed by atoms with Crippen LogP contribution < -0.4 is 5.32 Å². The maximum atomic E-state index is 11.9. The molecule has 0 bridgehead atoms. The van der Waals surface area contributed by atoms with Gasteiger partial charge in [0.25, 0.3) is 0 Å². The summed E-state index contributed by atoms with van der Waals surface area (Å²) in [5, 5.41) is 8.81. The summed E-state index contributed by atoms with van der Waals surface area (Å²) in [5.41, 5.74) is 0. The Labute approximate surface area is 105 Å². The molecule has 1 fully saturated rings. The fourth-order valence-corrected chi connectivity index (χ4v) is 2.05. The fraction of sp³-hybridized carbons (Fsp3) is 0.636. The normalized spacial score (nSPS) is 19.6. The Balaban J connectivity index is 1.91. The summed E-state index contributed by atoms with van der Waals surface area (Å²) in [6.45, 7) is 5.28. The maximum absolute atomic E-state index is 11.9. The van der Waals surface area contributed by atoms with E-state index in [1.165, 1.54) is 6.33 Å². The molecule has 1 atom stereocenters. The Bertz CT molecular complexity index is 429. The number of hydrogen-bond acceptors (Lipinski definition) is 4. The van der Waals surface area contributed by atoms with Crippen LogP contribution in [0.25, 0.3) is 0 Å². The molecule has 0 aliphatic carbocycles. The van der Waals surface area contributed by atoms with E-state index in [0.717, 1.165) is 0 Å². The molecule has 1 aliphatic rings. The average molecular weight is 251 g/mol. The van der Waals surface area contributed by atoms with Crippen LogP contribution in [0.15, 0.2) is 6.33 Å². The molecule has 0 spiro atoms. The topological polar surface area (TPSA) is 91.0 Å². The van der Waals surface area contributed by atoms with Gasteiger partial charge in [-0.3, -0.25) is 14.9 Å². The third-order valence-corrected chi connectivity index (χ3v) is 2.83. The molecule has 7 nitrogen and oxygen atoms in total. The average Bonchev–Trinajstić information content (AvgIpc) is 2.89. The van der Waals surface area contributed by atoms with Crippen LogP contribution in [0.4, 0.5) is 5.95 Å². The van der Waals surface area contributed by atoms with Crippen molar-refractivity contribution in [3.63, 3.8) is 0 Å². The molecule has 18 heavy (non-hydrogen) atoms. The summed E-state index contributed by atoms with van der Waals surface area (Å²) < 4.78 is 0. The van der Waals surface area contributed by atoms with E-state index < -0.39 is 0 Å². The predicted molar refractivity (Wildman–Crippen MR) is 64.5 cm³/mol. The van der Waals surface area contributed by atoms with Crippen molar-refractivity contribution < 1.29 is 9.59 Å². The summed E-state index contributed by atoms with van der Waals surface area (Å²) in [4.78, 5) is 29.2. The van der Waals surface area contributed by atoms with E-state index in [9.17, 15) is 9.59 Å². The third-order valence-electron chi connectivity index (χ3n) is 2.83. The van der Waals surface area contributed by atoms with Gasteiger partial charge in [0.05, 0.1) is 5.92 Å². The zero-order valence-electron chi connectivity index (χ0n) is 10.5. The predicted octanol–water partition coefficient (Wildman–Crippen LogP) is 0.248. The Morgan fingerprint density at radius 3 is 3.06 bits per heavy atom. The van der Waals surface area contributed by atoms with Crippen LogP contribution in [0.3, 0.4) is 0 Å². The highest BCUT2D eigenvalue weighted by atomic mass is 16.2. The minimum atomic E-state index is -0.304. The van der Waals surface area contributed by atoms with Crippen LogP contribution in [-0.2, 0) is 9.59 Å². The van der Waals surface area contributed by atoms with Gasteiger partial charge in [-0.2, -0.15) is 10.1 Å². The standard InChI is InChI=1S/C11H17N5O2/c1-7(2)4-16-5-8(3-9(16)17)10(18)14-11-12-6-13-15-11/h6-8H,3-5H2,1-2H3,(H2,12,13,14,15,18)/t8-/m1/s1. The maximum Gasteiger partial charge on any atom is 0.232 e. The lowest BCUT2D eigenvalue weighted by atomic mass is 10.1. The molecule has 0 unspecified atom stereocenters. The Kier molecular flexibility index (Phi) is 3.59. The van der Waals surface area contributed by atoms with Crippen molar-refractivity contribution in [2.45, 2.75) is 20.3 Å². The number of nitrogens with one attached hydrogen (secondary N) is 2. The zero-order valence-corrected chi connectivity index (χ0v) is 10.5. The van der Waals surface area contributed by atoms with E-state index in [1.54, 1.807) is 4.90 Å². The first-order valence-electron chi connectivity index (χ1n) is 6.00. The van der Waals surface area contributed by atoms with Crippen LogP contribution >= 0.6 is 0 Å². The van der Waals surface area contributed by atoms with Crippen molar-refractivity contribution in [3.8, 4) is 0 Å². The van der Waals surface area contributed by atoms with Crippen LogP contribution in [0.2, 0.25) is 0 Å². The monoisotopic (exact) mass is 251 g/mol. The second-order valence-corrected chi connectivity index (χ2v) is 4.92. The summed E-state index contributed by atoms with van der Waals surface area (Å²) >= 11 is 0. The molecule has 0 saturated carbocycles. The van der Waals surface area contributed by atoms with Gasteiger partial charge in [0.15, 0.2) is 0 Å². The highest BCUT2D eigenvalue weighted by molar-refractivity contribution is 5.96. The van der Waals surface area contributed by atoms with E-state index in [0.29, 0.717) is 25.0 Å². The van der Waals surface area contributed by atoms with E-state index in [1.807, 2.05) is 0 Å². The number of aromatic amines is 1. The van der Waals surface area contributed by atoms with E-state index >= 15 is 0 Å². The van der Waals surface area contributed by atoms with Crippen molar-refractivity contribution in [1.29, 1.82) is 0 Å². The number of rotatable bonds is 4. The number of nitrogens with zero attached hydrogens (tertiary/aromatic N) is 3. The molecule has 1 aromatic heterocycles. The number of likely N-dealkylation sites (tertiary alicyclic amines) is 1. The number of carbonyl (C=O) groups excluding carboxylic acids is 2. The van der Waals surface area contributed by atoms with E-state index in [4.69, 9.17) is 0 Å². The van der Waals surface area contributed by atoms with Crippen molar-refractivity contribution >= 4 is 17.8 Å². The van der Waals surface area contributed by atoms with E-state index in [2.05, 4.69) is 34.3 Å². The fourth-order valence-electron chi connectivity index (χ4n) is 2.05. The minimum absolute atomic E-state index is 0.0430. The quantitative estimate of drug-likeness (QED) is 0.802. The minimum Gasteiger partial charge on any atom is -0.342 e. The Morgan fingerprint density at radius 2 is 2.44 bits per heavy atom. The summed E-state index contributed by atoms with van der Waals surface area (Å²) in [6.07, 6.45) is 1.59. The number of hydrogen-bond donors (Lipinski definition) is 2. The number of amides is 2. The molecular formula is C11H17N5O2. The molecule has 0 aromatic carbocycles. The molecule has 2 heterocycles. The molecule has 1 aromatic rings. The molecule has 7 heteroatoms. The first kappa shape index (κ1) is 12.5. The lowest BCUT2D eigenvalue weighted by Gasteiger charge is -2.18. The van der Waals surface area contributed by atoms with Crippen molar-refractivity contribution in [2.24, 2.45) is 11.8 Å². The van der Waals surface area contributed by atoms with Gasteiger partial charge in [-0.15, -0.1) is 0 Å². The molecule has 0 radical (unpaired) electrons. The molecule has 2 N–H and O–H groups in total. The first-order valence-corrected chi connectivity index (χ1v) is 6.00. The van der Waals surface area contributed by atoms with Gasteiger partial charge in [0, 0.05) is 19.5 Å². The van der Waals surface area contributed by atoms with Gasteiger partial charge in [0.1, 0.15) is 6.33 Å². The molecule has 1 aliphatic heterocycles. The first-order chi connectivity index (χ1) is 8.56. The Hall–Kier alpha value is -1.92. The summed E-state index contributed by atoms with van der Waals surface area (Å²) in [5.74, 6) is 0.272. The smallest absolute Gasteiger partial charge is 0.232 e. The van der Waals surface area contributed by atoms with Gasteiger partial charge in [-0.05, 0) is 5.92 Å². The van der Waals surface area contributed by atoms with Crippen molar-refractivity contribution in [2.75, 3.05) is 18.4 Å². The SMILES string of the molecule is CC(C)CN1C[C@H](C(=O)Nc2ncn[nH]2)CC1=O. The third kappa shape index (κ3) is 2.85. The molecular weight excluding hydrogens is 234 g/mol. The summed E-state index contributed by atoms with van der Waals surface area (Å²) in [6, 6.07) is 0. The highest BCUT2D eigenvalue weighted by Gasteiger charge is 2.34. The van der Waals surface area contributed by atoms with Crippen LogP contribution in [0.5, 0.6) is 0 Å². The van der Waals surface area contributed by atoms with Crippen molar-refractivity contribution in [1.82, 2.24) is 20.1 Å². The van der Waals surface area contributed by atoms with Gasteiger partial charge in [0.2, 0.25) is 17.8 Å². The molecule has 2 rings (SSSR count). The van der Waals surface area contributed by atoms with Gasteiger partial charge in [-0.25, -0.2) is 5.10 Å². The lowest BCUT2D eigenvalue weighted by molar-refractivity contribution is -0.128. The highest BCUT2D eigenvalue weighted by Crippen LogP contribution is 2.20. The van der Waals surface area contributed by atoms with Gasteiger partial charge in [-0.1, -0.05) is 13.8 Å². The Morgan fingerprint density at radius 1 is 1.67 bits per heavy atom. The second kappa shape index (κ2) is 5.16.